The third-order valence-electron chi connectivity index (χ3n) is 3.87. The number of benzene rings is 2. The molecule has 0 atom stereocenters. The number of nitrogens with one attached hydrogen (secondary N) is 1. The molecule has 2 aromatic carbocycles. The van der Waals surface area contributed by atoms with Crippen LogP contribution in [0.2, 0.25) is 0 Å². The summed E-state index contributed by atoms with van der Waals surface area (Å²) in [6, 6.07) is 7.83. The van der Waals surface area contributed by atoms with Crippen LogP contribution in [0.25, 0.3) is 0 Å². The van der Waals surface area contributed by atoms with E-state index in [2.05, 4.69) is 8.91 Å². The van der Waals surface area contributed by atoms with Gasteiger partial charge >= 0.3 is 5.88 Å². The maximum atomic E-state index is 12.6. The maximum Gasteiger partial charge on any atom is 0.305 e. The molecular formula is C16H18N2O9S3. The summed E-state index contributed by atoms with van der Waals surface area (Å²) in [6.07, 6.45) is 0. The number of nitrogens with zero attached hydrogens (tertiary/aromatic N) is 1. The van der Waals surface area contributed by atoms with E-state index < -0.39 is 41.6 Å². The molecule has 0 amide bonds. The van der Waals surface area contributed by atoms with Gasteiger partial charge in [-0.15, -0.1) is 0 Å². The SMILES string of the molecule is Cc1cc(NS(=O)(=O)c2ccc(CO[SH](=O)=O)cc2)cc(C)c1S(=O)(=O)C[N+](=O)[O-]. The lowest BCUT2D eigenvalue weighted by atomic mass is 10.1. The molecule has 0 aliphatic heterocycles. The number of anilines is 1. The molecule has 11 nitrogen and oxygen atoms in total. The minimum atomic E-state index is -4.18. The van der Waals surface area contributed by atoms with Crippen LogP contribution in [-0.4, -0.2) is 36.1 Å². The molecule has 0 radical (unpaired) electrons. The summed E-state index contributed by atoms with van der Waals surface area (Å²) in [7, 11) is -11.2. The fourth-order valence-corrected chi connectivity index (χ4v) is 5.61. The number of hydrogen-bond donors (Lipinski definition) is 2. The van der Waals surface area contributed by atoms with Gasteiger partial charge in [0.2, 0.25) is 9.84 Å². The van der Waals surface area contributed by atoms with Crippen molar-refractivity contribution < 1.29 is 34.4 Å². The number of hydrogen-bond acceptors (Lipinski definition) is 9. The zero-order chi connectivity index (χ0) is 22.7. The first-order valence-electron chi connectivity index (χ1n) is 8.17. The quantitative estimate of drug-likeness (QED) is 0.305. The van der Waals surface area contributed by atoms with Gasteiger partial charge < -0.3 is 0 Å². The van der Waals surface area contributed by atoms with E-state index in [1.165, 1.54) is 50.2 Å². The van der Waals surface area contributed by atoms with Gasteiger partial charge in [-0.25, -0.2) is 25.3 Å². The van der Waals surface area contributed by atoms with Gasteiger partial charge in [0.05, 0.1) is 16.4 Å². The second-order valence-electron chi connectivity index (χ2n) is 6.26. The fraction of sp³-hybridized carbons (Fsp3) is 0.250. The highest BCUT2D eigenvalue weighted by Crippen LogP contribution is 2.27. The summed E-state index contributed by atoms with van der Waals surface area (Å²) in [5, 5.41) is 10.6. The van der Waals surface area contributed by atoms with Crippen molar-refractivity contribution in [2.45, 2.75) is 30.2 Å². The Labute approximate surface area is 175 Å². The van der Waals surface area contributed by atoms with Crippen molar-refractivity contribution in [1.29, 1.82) is 0 Å². The standard InChI is InChI=1S/C16H18N2O9S3/c1-11-7-14(8-12(2)16(11)29(23,24)10-18(19)20)17-30(25,26)15-5-3-13(4-6-15)9-27-28(21)22/h3-8,17,28H,9-10H2,1-2H3. The van der Waals surface area contributed by atoms with Crippen molar-refractivity contribution in [2.24, 2.45) is 0 Å². The Morgan fingerprint density at radius 3 is 2.03 bits per heavy atom. The monoisotopic (exact) mass is 478 g/mol. The Morgan fingerprint density at radius 2 is 1.57 bits per heavy atom. The van der Waals surface area contributed by atoms with Crippen molar-refractivity contribution in [2.75, 3.05) is 10.6 Å². The van der Waals surface area contributed by atoms with Crippen LogP contribution in [0.4, 0.5) is 5.69 Å². The minimum absolute atomic E-state index is 0.0841. The molecular weight excluding hydrogens is 460 g/mol. The van der Waals surface area contributed by atoms with Gasteiger partial charge in [-0.2, -0.15) is 0 Å². The highest BCUT2D eigenvalue weighted by atomic mass is 32.2. The summed E-state index contributed by atoms with van der Waals surface area (Å²) >= 11 is 0. The summed E-state index contributed by atoms with van der Waals surface area (Å²) in [6.45, 7) is 2.59. The number of nitro groups is 1. The van der Waals surface area contributed by atoms with Crippen LogP contribution in [0.1, 0.15) is 16.7 Å². The maximum absolute atomic E-state index is 12.6. The second kappa shape index (κ2) is 9.07. The van der Waals surface area contributed by atoms with E-state index in [9.17, 15) is 35.4 Å². The fourth-order valence-electron chi connectivity index (χ4n) is 2.81. The lowest BCUT2D eigenvalue weighted by Gasteiger charge is -2.13. The molecule has 0 aliphatic carbocycles. The van der Waals surface area contributed by atoms with E-state index in [4.69, 9.17) is 0 Å². The number of aryl methyl sites for hydroxylation is 2. The molecule has 0 fully saturated rings. The third kappa shape index (κ3) is 5.98. The Bertz CT molecular complexity index is 1220. The minimum Gasteiger partial charge on any atom is -0.280 e. The van der Waals surface area contributed by atoms with E-state index >= 15 is 0 Å². The Kier molecular flexibility index (Phi) is 7.18. The summed E-state index contributed by atoms with van der Waals surface area (Å²) in [4.78, 5) is 9.34. The first-order valence-corrected chi connectivity index (χ1v) is 12.4. The van der Waals surface area contributed by atoms with Gasteiger partial charge in [0, 0.05) is 10.6 Å². The highest BCUT2D eigenvalue weighted by Gasteiger charge is 2.26. The smallest absolute Gasteiger partial charge is 0.280 e. The molecule has 164 valence electrons. The van der Waals surface area contributed by atoms with E-state index in [-0.39, 0.29) is 33.2 Å². The van der Waals surface area contributed by atoms with E-state index in [1.807, 2.05) is 0 Å². The zero-order valence-corrected chi connectivity index (χ0v) is 18.3. The molecule has 14 heteroatoms. The lowest BCUT2D eigenvalue weighted by Crippen LogP contribution is -2.18. The first-order chi connectivity index (χ1) is 13.8. The molecule has 1 N–H and O–H groups in total. The largest absolute Gasteiger partial charge is 0.305 e. The first kappa shape index (κ1) is 23.7. The van der Waals surface area contributed by atoms with Crippen molar-refractivity contribution in [3.63, 3.8) is 0 Å². The second-order valence-corrected chi connectivity index (χ2v) is 10.5. The molecule has 2 rings (SSSR count). The molecule has 0 spiro atoms. The van der Waals surface area contributed by atoms with Crippen molar-refractivity contribution in [3.05, 3.63) is 63.2 Å². The van der Waals surface area contributed by atoms with E-state index in [0.717, 1.165) is 0 Å². The van der Waals surface area contributed by atoms with Gasteiger partial charge in [-0.05, 0) is 54.8 Å². The van der Waals surface area contributed by atoms with Gasteiger partial charge in [0.1, 0.15) is 0 Å². The molecule has 30 heavy (non-hydrogen) atoms. The van der Waals surface area contributed by atoms with Gasteiger partial charge in [-0.1, -0.05) is 12.1 Å². The van der Waals surface area contributed by atoms with E-state index in [0.29, 0.717) is 5.56 Å². The van der Waals surface area contributed by atoms with Gasteiger partial charge in [0.25, 0.3) is 21.0 Å². The molecule has 0 bridgehead atoms. The number of sulfone groups is 1. The van der Waals surface area contributed by atoms with Crippen LogP contribution in [0.5, 0.6) is 0 Å². The number of thiol groups is 1. The number of rotatable bonds is 9. The van der Waals surface area contributed by atoms with Crippen molar-refractivity contribution in [3.8, 4) is 0 Å². The topological polar surface area (TPSA) is 167 Å². The third-order valence-corrected chi connectivity index (χ3v) is 7.42. The molecule has 0 saturated carbocycles. The predicted octanol–water partition coefficient (Wildman–Crippen LogP) is 1.16. The van der Waals surface area contributed by atoms with Crippen LogP contribution >= 0.6 is 0 Å². The summed E-state index contributed by atoms with van der Waals surface area (Å²) in [5.41, 5.74) is 0.851. The summed E-state index contributed by atoms with van der Waals surface area (Å²) < 4.78 is 77.2. The van der Waals surface area contributed by atoms with Gasteiger partial charge in [-0.3, -0.25) is 19.0 Å². The van der Waals surface area contributed by atoms with Crippen LogP contribution in [0.3, 0.4) is 0 Å². The molecule has 0 aliphatic rings. The predicted molar refractivity (Wildman–Crippen MR) is 107 cm³/mol. The summed E-state index contributed by atoms with van der Waals surface area (Å²) in [5.74, 6) is -1.27. The Hall–Kier alpha value is -2.55. The van der Waals surface area contributed by atoms with Gasteiger partial charge in [0.15, 0.2) is 0 Å². The van der Waals surface area contributed by atoms with Crippen molar-refractivity contribution in [1.82, 2.24) is 0 Å². The molecule has 0 heterocycles. The molecule has 0 saturated heterocycles. The van der Waals surface area contributed by atoms with Crippen LogP contribution < -0.4 is 4.72 Å². The average Bonchev–Trinajstić information content (AvgIpc) is 2.57. The molecule has 0 aromatic heterocycles. The zero-order valence-electron chi connectivity index (χ0n) is 15.8. The number of sulfonamides is 1. The van der Waals surface area contributed by atoms with Crippen LogP contribution in [0, 0.1) is 24.0 Å². The lowest BCUT2D eigenvalue weighted by molar-refractivity contribution is -0.458. The van der Waals surface area contributed by atoms with Crippen LogP contribution in [-0.2, 0) is 41.6 Å². The molecule has 0 unspecified atom stereocenters. The van der Waals surface area contributed by atoms with Crippen molar-refractivity contribution >= 4 is 36.5 Å². The molecule has 2 aromatic rings. The Balaban J connectivity index is 2.30. The van der Waals surface area contributed by atoms with Crippen LogP contribution in [0.15, 0.2) is 46.2 Å². The highest BCUT2D eigenvalue weighted by molar-refractivity contribution is 7.92. The average molecular weight is 479 g/mol. The van der Waals surface area contributed by atoms with E-state index in [1.54, 1.807) is 0 Å². The Morgan fingerprint density at radius 1 is 1.03 bits per heavy atom. The normalized spacial score (nSPS) is 12.1.